The van der Waals surface area contributed by atoms with Gasteiger partial charge in [-0.25, -0.2) is 18.2 Å². The van der Waals surface area contributed by atoms with Gasteiger partial charge in [-0.15, -0.1) is 11.3 Å². The molecule has 0 bridgehead atoms. The topological polar surface area (TPSA) is 72.7 Å². The van der Waals surface area contributed by atoms with E-state index >= 15 is 0 Å². The summed E-state index contributed by atoms with van der Waals surface area (Å²) in [6.07, 6.45) is 2.03. The average molecular weight is 383 g/mol. The Balaban J connectivity index is 1.59. The van der Waals surface area contributed by atoms with E-state index in [9.17, 15) is 22.8 Å². The molecule has 0 saturated heterocycles. The molecular weight excluding hydrogens is 371 g/mol. The number of hydrogen-bond donors (Lipinski definition) is 1. The van der Waals surface area contributed by atoms with E-state index in [-0.39, 0.29) is 6.42 Å². The number of halogens is 3. The first-order valence-electron chi connectivity index (χ1n) is 7.40. The minimum absolute atomic E-state index is 0.147. The molecule has 26 heavy (non-hydrogen) atoms. The molecule has 1 aromatic carbocycles. The molecule has 1 amide bonds. The molecule has 0 aliphatic carbocycles. The monoisotopic (exact) mass is 383 g/mol. The van der Waals surface area contributed by atoms with E-state index in [4.69, 9.17) is 4.74 Å². The summed E-state index contributed by atoms with van der Waals surface area (Å²) in [5.74, 6) is -6.19. The highest BCUT2D eigenvalue weighted by atomic mass is 32.1. The summed E-state index contributed by atoms with van der Waals surface area (Å²) < 4.78 is 46.3. The average Bonchev–Trinajstić information content (AvgIpc) is 3.16. The van der Waals surface area contributed by atoms with Gasteiger partial charge in [0.15, 0.2) is 28.5 Å². The van der Waals surface area contributed by atoms with E-state index in [1.807, 2.05) is 10.7 Å². The molecule has 0 aliphatic rings. The van der Waals surface area contributed by atoms with Crippen LogP contribution in [0.3, 0.4) is 0 Å². The quantitative estimate of drug-likeness (QED) is 0.543. The van der Waals surface area contributed by atoms with Crippen molar-refractivity contribution in [3.63, 3.8) is 0 Å². The van der Waals surface area contributed by atoms with Gasteiger partial charge in [-0.3, -0.25) is 14.0 Å². The van der Waals surface area contributed by atoms with Crippen molar-refractivity contribution < 1.29 is 27.5 Å². The van der Waals surface area contributed by atoms with Gasteiger partial charge in [0.1, 0.15) is 0 Å². The molecule has 0 unspecified atom stereocenters. The molecular formula is C16H12F3N3O3S. The number of carbonyl (C=O) groups excluding carboxylic acids is 2. The van der Waals surface area contributed by atoms with Crippen LogP contribution in [0.2, 0.25) is 0 Å². The van der Waals surface area contributed by atoms with Crippen LogP contribution in [0.1, 0.15) is 12.6 Å². The maximum atomic E-state index is 13.6. The fourth-order valence-electron chi connectivity index (χ4n) is 2.16. The second kappa shape index (κ2) is 7.16. The Kier molecular flexibility index (Phi) is 4.94. The largest absolute Gasteiger partial charge is 0.452 e. The second-order valence-corrected chi connectivity index (χ2v) is 6.22. The van der Waals surface area contributed by atoms with Gasteiger partial charge in [-0.05, 0) is 19.1 Å². The maximum Gasteiger partial charge on any atom is 0.312 e. The third kappa shape index (κ3) is 3.69. The zero-order valence-electron chi connectivity index (χ0n) is 13.3. The first-order valence-corrected chi connectivity index (χ1v) is 8.28. The van der Waals surface area contributed by atoms with Crippen LogP contribution in [-0.2, 0) is 20.7 Å². The number of nitrogens with one attached hydrogen (secondary N) is 1. The van der Waals surface area contributed by atoms with E-state index < -0.39 is 41.1 Å². The Hall–Kier alpha value is -2.88. The Labute approximate surface area is 149 Å². The summed E-state index contributed by atoms with van der Waals surface area (Å²) in [7, 11) is 0. The zero-order chi connectivity index (χ0) is 18.8. The van der Waals surface area contributed by atoms with Gasteiger partial charge in [-0.1, -0.05) is 0 Å². The number of benzene rings is 1. The van der Waals surface area contributed by atoms with Crippen LogP contribution < -0.4 is 5.32 Å². The molecule has 3 rings (SSSR count). The summed E-state index contributed by atoms with van der Waals surface area (Å²) >= 11 is 1.40. The summed E-state index contributed by atoms with van der Waals surface area (Å²) in [5.41, 5.74) is -0.0766. The van der Waals surface area contributed by atoms with Gasteiger partial charge in [-0.2, -0.15) is 0 Å². The van der Waals surface area contributed by atoms with Crippen LogP contribution in [-0.4, -0.2) is 27.4 Å². The highest BCUT2D eigenvalue weighted by Crippen LogP contribution is 2.20. The first kappa shape index (κ1) is 17.9. The number of thiazole rings is 1. The number of carbonyl (C=O) groups is 2. The van der Waals surface area contributed by atoms with Crippen molar-refractivity contribution in [3.8, 4) is 0 Å². The second-order valence-electron chi connectivity index (χ2n) is 5.35. The van der Waals surface area contributed by atoms with Crippen LogP contribution >= 0.6 is 11.3 Å². The van der Waals surface area contributed by atoms with Crippen LogP contribution in [0.4, 0.5) is 18.9 Å². The number of imidazole rings is 1. The summed E-state index contributed by atoms with van der Waals surface area (Å²) in [4.78, 5) is 28.8. The van der Waals surface area contributed by atoms with Crippen LogP contribution in [0.5, 0.6) is 0 Å². The molecule has 1 N–H and O–H groups in total. The van der Waals surface area contributed by atoms with Gasteiger partial charge >= 0.3 is 5.97 Å². The predicted molar refractivity (Wildman–Crippen MR) is 87.3 cm³/mol. The molecule has 0 fully saturated rings. The van der Waals surface area contributed by atoms with Crippen LogP contribution in [0.25, 0.3) is 4.96 Å². The molecule has 0 aliphatic heterocycles. The number of nitrogens with zero attached hydrogens (tertiary/aromatic N) is 2. The lowest BCUT2D eigenvalue weighted by atomic mass is 10.2. The molecule has 1 atom stereocenters. The highest BCUT2D eigenvalue weighted by Gasteiger charge is 2.22. The smallest absolute Gasteiger partial charge is 0.312 e. The number of amides is 1. The number of rotatable bonds is 5. The number of fused-ring (bicyclic) bond motifs is 1. The Morgan fingerprint density at radius 3 is 2.81 bits per heavy atom. The molecule has 0 spiro atoms. The van der Waals surface area contributed by atoms with Gasteiger partial charge in [0.05, 0.1) is 17.8 Å². The molecule has 3 aromatic rings. The summed E-state index contributed by atoms with van der Waals surface area (Å²) in [6, 6.07) is 1.55. The standard InChI is InChI=1S/C16H12F3N3O3S/c1-8(15(24)21-11-3-2-10(17)13(18)14(11)19)25-12(23)6-9-7-22-4-5-26-16(22)20-9/h2-5,7-8H,6H2,1H3,(H,21,24)/t8-/m0/s1. The predicted octanol–water partition coefficient (Wildman–Crippen LogP) is 2.93. The SMILES string of the molecule is C[C@H](OC(=O)Cc1cn2ccsc2n1)C(=O)Nc1ccc(F)c(F)c1F. The van der Waals surface area contributed by atoms with Crippen molar-refractivity contribution in [2.45, 2.75) is 19.4 Å². The molecule has 0 radical (unpaired) electrons. The highest BCUT2D eigenvalue weighted by molar-refractivity contribution is 7.15. The summed E-state index contributed by atoms with van der Waals surface area (Å²) in [5, 5.41) is 3.89. The van der Waals surface area contributed by atoms with Gasteiger partial charge in [0, 0.05) is 17.8 Å². The van der Waals surface area contributed by atoms with Crippen molar-refractivity contribution in [3.05, 3.63) is 53.1 Å². The molecule has 136 valence electrons. The van der Waals surface area contributed by atoms with Crippen molar-refractivity contribution in [1.82, 2.24) is 9.38 Å². The van der Waals surface area contributed by atoms with Crippen LogP contribution in [0, 0.1) is 17.5 Å². The summed E-state index contributed by atoms with van der Waals surface area (Å²) in [6.45, 7) is 1.27. The van der Waals surface area contributed by atoms with E-state index in [1.54, 1.807) is 16.8 Å². The number of esters is 1. The van der Waals surface area contributed by atoms with E-state index in [0.29, 0.717) is 16.7 Å². The van der Waals surface area contributed by atoms with Crippen LogP contribution in [0.15, 0.2) is 29.9 Å². The molecule has 2 aromatic heterocycles. The Morgan fingerprint density at radius 1 is 1.31 bits per heavy atom. The van der Waals surface area contributed by atoms with Gasteiger partial charge in [0.2, 0.25) is 0 Å². The number of hydrogen-bond acceptors (Lipinski definition) is 5. The third-order valence-corrected chi connectivity index (χ3v) is 4.21. The lowest BCUT2D eigenvalue weighted by Crippen LogP contribution is -2.31. The fraction of sp³-hybridized carbons (Fsp3) is 0.188. The van der Waals surface area contributed by atoms with Crippen molar-refractivity contribution >= 4 is 33.9 Å². The minimum Gasteiger partial charge on any atom is -0.452 e. The third-order valence-electron chi connectivity index (χ3n) is 3.44. The van der Waals surface area contributed by atoms with Crippen molar-refractivity contribution in [2.24, 2.45) is 0 Å². The molecule has 6 nitrogen and oxygen atoms in total. The lowest BCUT2D eigenvalue weighted by Gasteiger charge is -2.13. The van der Waals surface area contributed by atoms with Gasteiger partial charge < -0.3 is 10.1 Å². The number of ether oxygens (including phenoxy) is 1. The Morgan fingerprint density at radius 2 is 2.08 bits per heavy atom. The number of aromatic nitrogens is 2. The maximum absolute atomic E-state index is 13.6. The molecule has 10 heteroatoms. The zero-order valence-corrected chi connectivity index (χ0v) is 14.1. The molecule has 0 saturated carbocycles. The first-order chi connectivity index (χ1) is 12.3. The van der Waals surface area contributed by atoms with E-state index in [0.717, 1.165) is 6.07 Å². The number of anilines is 1. The van der Waals surface area contributed by atoms with Crippen molar-refractivity contribution in [2.75, 3.05) is 5.32 Å². The van der Waals surface area contributed by atoms with Gasteiger partial charge in [0.25, 0.3) is 5.91 Å². The normalized spacial score (nSPS) is 12.2. The van der Waals surface area contributed by atoms with E-state index in [2.05, 4.69) is 4.98 Å². The van der Waals surface area contributed by atoms with E-state index in [1.165, 1.54) is 18.3 Å². The Bertz CT molecular complexity index is 957. The fourth-order valence-corrected chi connectivity index (χ4v) is 2.88. The molecule has 2 heterocycles. The lowest BCUT2D eigenvalue weighted by molar-refractivity contribution is -0.152. The van der Waals surface area contributed by atoms with Crippen molar-refractivity contribution in [1.29, 1.82) is 0 Å². The minimum atomic E-state index is -1.70.